The molecule has 0 saturated carbocycles. The summed E-state index contributed by atoms with van der Waals surface area (Å²) in [4.78, 5) is 0.761. The molecular weight excluding hydrogens is 575 g/mol. The molecule has 0 aliphatic heterocycles. The van der Waals surface area contributed by atoms with Gasteiger partial charge in [0.05, 0.1) is 6.61 Å². The van der Waals surface area contributed by atoms with Crippen molar-refractivity contribution >= 4 is 22.4 Å². The van der Waals surface area contributed by atoms with E-state index in [2.05, 4.69) is 11.2 Å². The Morgan fingerprint density at radius 3 is 1.68 bits per heavy atom. The molecule has 0 aromatic heterocycles. The fraction of sp³-hybridized carbons (Fsp3) is 0.103. The summed E-state index contributed by atoms with van der Waals surface area (Å²) in [5.41, 5.74) is -0.890. The second-order valence-corrected chi connectivity index (χ2v) is 10.7. The van der Waals surface area contributed by atoms with Gasteiger partial charge in [-0.15, -0.1) is 0 Å². The van der Waals surface area contributed by atoms with E-state index in [4.69, 9.17) is 4.74 Å². The van der Waals surface area contributed by atoms with Gasteiger partial charge >= 0.3 is 6.98 Å². The predicted molar refractivity (Wildman–Crippen MR) is 142 cm³/mol. The summed E-state index contributed by atoms with van der Waals surface area (Å²) in [5.74, 6) is -9.28. The van der Waals surface area contributed by atoms with E-state index < -0.39 is 51.5 Å². The Balaban J connectivity index is 0.000000263. The Kier molecular flexibility index (Phi) is 10.3. The van der Waals surface area contributed by atoms with Gasteiger partial charge in [-0.25, -0.2) is 22.0 Å². The van der Waals surface area contributed by atoms with Crippen LogP contribution in [0.2, 0.25) is 0 Å². The smallest absolute Gasteiger partial charge is 0.494 e. The lowest BCUT2D eigenvalue weighted by Gasteiger charge is -2.17. The van der Waals surface area contributed by atoms with Crippen molar-refractivity contribution in [2.75, 3.05) is 6.61 Å². The molecular formula is C29H21BF8O2S. The first-order chi connectivity index (χ1) is 19.4. The van der Waals surface area contributed by atoms with Gasteiger partial charge in [0.25, 0.3) is 0 Å². The van der Waals surface area contributed by atoms with E-state index in [0.717, 1.165) is 21.8 Å². The minimum absolute atomic E-state index is 0.378. The molecule has 41 heavy (non-hydrogen) atoms. The molecule has 2 nitrogen and oxygen atoms in total. The van der Waals surface area contributed by atoms with Crippen molar-refractivity contribution in [3.63, 3.8) is 0 Å². The van der Waals surface area contributed by atoms with Crippen LogP contribution in [0.25, 0.3) is 0 Å². The first-order valence-electron chi connectivity index (χ1n) is 11.9. The van der Waals surface area contributed by atoms with E-state index in [-0.39, 0.29) is 0 Å². The molecule has 0 aliphatic carbocycles. The van der Waals surface area contributed by atoms with Crippen LogP contribution < -0.4 is 10.2 Å². The Labute approximate surface area is 232 Å². The summed E-state index contributed by atoms with van der Waals surface area (Å²) in [6, 6.07) is 26.9. The van der Waals surface area contributed by atoms with Gasteiger partial charge < -0.3 is 17.7 Å². The largest absolute Gasteiger partial charge is 0.515 e. The van der Waals surface area contributed by atoms with Crippen LogP contribution in [0.15, 0.2) is 89.8 Å². The van der Waals surface area contributed by atoms with Crippen LogP contribution in [0, 0.1) is 40.3 Å². The molecule has 4 rings (SSSR count). The van der Waals surface area contributed by atoms with Gasteiger partial charge in [-0.3, -0.25) is 0 Å². The van der Waals surface area contributed by atoms with Crippen molar-refractivity contribution in [3.8, 4) is 16.9 Å². The van der Waals surface area contributed by atoms with Crippen molar-refractivity contribution in [2.45, 2.75) is 17.6 Å². The van der Waals surface area contributed by atoms with E-state index in [0.29, 0.717) is 12.4 Å². The molecule has 0 aliphatic rings. The molecule has 0 bridgehead atoms. The topological polar surface area (TPSA) is 26.3 Å². The van der Waals surface area contributed by atoms with Crippen molar-refractivity contribution in [1.82, 2.24) is 0 Å². The highest BCUT2D eigenvalue weighted by molar-refractivity contribution is 8.06. The van der Waals surface area contributed by atoms with Crippen LogP contribution in [0.3, 0.4) is 0 Å². The van der Waals surface area contributed by atoms with Gasteiger partial charge in [-0.2, -0.15) is 0 Å². The lowest BCUT2D eigenvalue weighted by molar-refractivity contribution is 0.340. The lowest BCUT2D eigenvalue weighted by Crippen LogP contribution is -2.41. The third kappa shape index (κ3) is 7.98. The van der Waals surface area contributed by atoms with Crippen molar-refractivity contribution in [3.05, 3.63) is 125 Å². The molecule has 0 spiro atoms. The van der Waals surface area contributed by atoms with Gasteiger partial charge in [0.15, 0.2) is 43.3 Å². The van der Waals surface area contributed by atoms with Crippen LogP contribution in [-0.4, -0.2) is 13.6 Å². The maximum absolute atomic E-state index is 13.7. The van der Waals surface area contributed by atoms with Crippen molar-refractivity contribution in [1.29, 1.82) is 0 Å². The minimum atomic E-state index is -6.30. The van der Waals surface area contributed by atoms with E-state index in [1.807, 2.05) is 91.9 Å². The normalized spacial score (nSPS) is 12.3. The molecule has 0 N–H and O–H groups in total. The fourth-order valence-electron chi connectivity index (χ4n) is 3.47. The summed E-state index contributed by atoms with van der Waals surface area (Å²) < 4.78 is 117. The monoisotopic (exact) mass is 596 g/mol. The highest BCUT2D eigenvalue weighted by atomic mass is 32.2. The van der Waals surface area contributed by atoms with Crippen LogP contribution in [0.1, 0.15) is 18.1 Å². The number of rotatable bonds is 6. The van der Waals surface area contributed by atoms with Crippen LogP contribution in [0.4, 0.5) is 34.9 Å². The predicted octanol–water partition coefficient (Wildman–Crippen LogP) is 7.59. The summed E-state index contributed by atoms with van der Waals surface area (Å²) in [5, 5.41) is 3.06. The maximum Gasteiger partial charge on any atom is 0.515 e. The van der Waals surface area contributed by atoms with E-state index >= 15 is 0 Å². The van der Waals surface area contributed by atoms with Crippen LogP contribution in [0.5, 0.6) is 5.75 Å². The standard InChI is InChI=1S/C23H21O2S.C6BF8/c1-2-25-22-15-13-21(14-16-22)19-26(24,23-11-7-4-8-12-23)18-17-20-9-5-3-6-10-20;8-2-1(7(13,14)15)3(9)5(11)6(12)4(2)10/h3-16H,2,19H2,1H3;/q+1;-1. The van der Waals surface area contributed by atoms with Gasteiger partial charge in [0.1, 0.15) is 17.4 Å². The number of halogens is 8. The zero-order chi connectivity index (χ0) is 30.2. The Morgan fingerprint density at radius 2 is 1.20 bits per heavy atom. The summed E-state index contributed by atoms with van der Waals surface area (Å²) in [6.45, 7) is -3.72. The molecule has 1 atom stereocenters. The third-order valence-electron chi connectivity index (χ3n) is 5.43. The second kappa shape index (κ2) is 13.5. The number of ether oxygens (including phenoxy) is 1. The average Bonchev–Trinajstić information content (AvgIpc) is 2.96. The van der Waals surface area contributed by atoms with Gasteiger partial charge in [0, 0.05) is 11.1 Å². The van der Waals surface area contributed by atoms with Gasteiger partial charge in [-0.1, -0.05) is 52.7 Å². The zero-order valence-electron chi connectivity index (χ0n) is 21.3. The van der Waals surface area contributed by atoms with Crippen molar-refractivity contribution < 1.29 is 43.8 Å². The van der Waals surface area contributed by atoms with Crippen LogP contribution in [-0.2, 0) is 19.9 Å². The fourth-order valence-corrected chi connectivity index (χ4v) is 5.37. The van der Waals surface area contributed by atoms with E-state index in [9.17, 15) is 39.1 Å². The molecule has 0 radical (unpaired) electrons. The quantitative estimate of drug-likeness (QED) is 0.0573. The SMILES string of the molecule is CCOc1ccc(C[S+](=O)(C#Cc2ccccc2)c2ccccc2)cc1.Fc1c(F)c(F)c([B-](F)(F)F)c(F)c1F. The summed E-state index contributed by atoms with van der Waals surface area (Å²) >= 11 is 0. The van der Waals surface area contributed by atoms with E-state index in [1.165, 1.54) is 0 Å². The molecule has 4 aromatic rings. The summed E-state index contributed by atoms with van der Waals surface area (Å²) in [6.07, 6.45) is 0. The highest BCUT2D eigenvalue weighted by Crippen LogP contribution is 2.25. The maximum atomic E-state index is 13.7. The second-order valence-electron chi connectivity index (χ2n) is 8.36. The highest BCUT2D eigenvalue weighted by Gasteiger charge is 2.38. The average molecular weight is 596 g/mol. The number of hydrogen-bond acceptors (Lipinski definition) is 2. The summed E-state index contributed by atoms with van der Waals surface area (Å²) in [7, 11) is -2.55. The van der Waals surface area contributed by atoms with Gasteiger partial charge in [-0.05, 0) is 54.7 Å². The first kappa shape index (κ1) is 31.4. The molecule has 0 amide bonds. The first-order valence-corrected chi connectivity index (χ1v) is 13.7. The number of hydrogen-bond donors (Lipinski definition) is 0. The molecule has 0 heterocycles. The lowest BCUT2D eigenvalue weighted by atomic mass is 9.79. The molecule has 0 fully saturated rings. The number of benzene rings is 4. The molecule has 214 valence electrons. The molecule has 4 aromatic carbocycles. The molecule has 0 saturated heterocycles. The third-order valence-corrected chi connectivity index (χ3v) is 7.64. The van der Waals surface area contributed by atoms with Crippen LogP contribution >= 0.6 is 0 Å². The molecule has 1 unspecified atom stereocenters. The van der Waals surface area contributed by atoms with Crippen molar-refractivity contribution in [2.24, 2.45) is 0 Å². The molecule has 12 heteroatoms. The van der Waals surface area contributed by atoms with Gasteiger partial charge in [0.2, 0.25) is 0 Å². The Bertz CT molecular complexity index is 1550. The van der Waals surface area contributed by atoms with E-state index in [1.54, 1.807) is 0 Å². The Morgan fingerprint density at radius 1 is 0.707 bits per heavy atom. The minimum Gasteiger partial charge on any atom is -0.494 e. The Hall–Kier alpha value is -4.11. The zero-order valence-corrected chi connectivity index (χ0v) is 22.1.